The van der Waals surface area contributed by atoms with Crippen molar-refractivity contribution in [2.45, 2.75) is 26.3 Å². The number of nitrogens with one attached hydrogen (secondary N) is 1. The minimum atomic E-state index is 0.708. The largest absolute Gasteiger partial charge is 0.493 e. The molecule has 0 saturated heterocycles. The molecular formula is C13H14BrN3OS. The van der Waals surface area contributed by atoms with Crippen LogP contribution in [0.3, 0.4) is 0 Å². The lowest BCUT2D eigenvalue weighted by Crippen LogP contribution is -2.01. The molecule has 100 valence electrons. The molecule has 6 heteroatoms. The number of rotatable bonds is 4. The van der Waals surface area contributed by atoms with E-state index >= 15 is 0 Å². The molecule has 0 amide bonds. The molecule has 0 unspecified atom stereocenters. The molecule has 0 radical (unpaired) electrons. The SMILES string of the molecule is CCc1nsc(NCc2cc(Br)cc3c2OCC3)n1. The molecule has 2 heterocycles. The second kappa shape index (κ2) is 5.46. The van der Waals surface area contributed by atoms with Crippen molar-refractivity contribution in [3.05, 3.63) is 33.6 Å². The summed E-state index contributed by atoms with van der Waals surface area (Å²) in [6, 6.07) is 4.23. The molecule has 1 aliphatic heterocycles. The number of anilines is 1. The fourth-order valence-corrected chi connectivity index (χ4v) is 3.31. The van der Waals surface area contributed by atoms with Gasteiger partial charge in [0.1, 0.15) is 11.6 Å². The molecule has 4 nitrogen and oxygen atoms in total. The molecule has 0 aliphatic carbocycles. The number of ether oxygens (including phenoxy) is 1. The summed E-state index contributed by atoms with van der Waals surface area (Å²) in [5.74, 6) is 1.92. The Morgan fingerprint density at radius 3 is 3.16 bits per heavy atom. The van der Waals surface area contributed by atoms with Crippen LogP contribution in [0.25, 0.3) is 0 Å². The van der Waals surface area contributed by atoms with E-state index in [9.17, 15) is 0 Å². The van der Waals surface area contributed by atoms with Gasteiger partial charge in [-0.2, -0.15) is 4.37 Å². The predicted octanol–water partition coefficient (Wildman–Crippen LogP) is 3.41. The first kappa shape index (κ1) is 12.9. The van der Waals surface area contributed by atoms with Gasteiger partial charge in [-0.25, -0.2) is 4.98 Å². The van der Waals surface area contributed by atoms with Crippen molar-refractivity contribution in [2.24, 2.45) is 0 Å². The summed E-state index contributed by atoms with van der Waals surface area (Å²) >= 11 is 4.95. The third-order valence-corrected chi connectivity index (χ3v) is 4.21. The molecule has 0 bridgehead atoms. The first-order valence-electron chi connectivity index (χ1n) is 6.27. The van der Waals surface area contributed by atoms with E-state index in [-0.39, 0.29) is 0 Å². The summed E-state index contributed by atoms with van der Waals surface area (Å²) in [6.45, 7) is 3.54. The van der Waals surface area contributed by atoms with Gasteiger partial charge in [0.2, 0.25) is 5.13 Å². The molecular weight excluding hydrogens is 326 g/mol. The summed E-state index contributed by atoms with van der Waals surface area (Å²) in [7, 11) is 0. The second-order valence-electron chi connectivity index (χ2n) is 4.37. The van der Waals surface area contributed by atoms with Gasteiger partial charge in [0, 0.05) is 41.0 Å². The lowest BCUT2D eigenvalue weighted by atomic mass is 10.1. The molecule has 0 atom stereocenters. The van der Waals surface area contributed by atoms with E-state index in [1.807, 2.05) is 0 Å². The zero-order valence-electron chi connectivity index (χ0n) is 10.6. The van der Waals surface area contributed by atoms with Crippen molar-refractivity contribution in [1.29, 1.82) is 0 Å². The van der Waals surface area contributed by atoms with Crippen LogP contribution >= 0.6 is 27.5 Å². The van der Waals surface area contributed by atoms with Crippen LogP contribution in [-0.4, -0.2) is 16.0 Å². The van der Waals surface area contributed by atoms with Crippen LogP contribution < -0.4 is 10.1 Å². The van der Waals surface area contributed by atoms with Crippen molar-refractivity contribution in [3.63, 3.8) is 0 Å². The summed E-state index contributed by atoms with van der Waals surface area (Å²) in [5, 5.41) is 4.18. The highest BCUT2D eigenvalue weighted by Crippen LogP contribution is 2.33. The molecule has 2 aromatic rings. The van der Waals surface area contributed by atoms with Crippen molar-refractivity contribution in [2.75, 3.05) is 11.9 Å². The van der Waals surface area contributed by atoms with E-state index < -0.39 is 0 Å². The Labute approximate surface area is 124 Å². The average Bonchev–Trinajstić information content (AvgIpc) is 3.03. The van der Waals surface area contributed by atoms with E-state index in [4.69, 9.17) is 4.74 Å². The standard InChI is InChI=1S/C13H14BrN3OS/c1-2-11-16-13(19-17-11)15-7-9-6-10(14)5-8-3-4-18-12(8)9/h5-6H,2-4,7H2,1H3,(H,15,16,17). The number of hydrogen-bond acceptors (Lipinski definition) is 5. The second-order valence-corrected chi connectivity index (χ2v) is 6.04. The maximum Gasteiger partial charge on any atom is 0.202 e. The normalized spacial score (nSPS) is 13.2. The monoisotopic (exact) mass is 339 g/mol. The van der Waals surface area contributed by atoms with Gasteiger partial charge < -0.3 is 10.1 Å². The highest BCUT2D eigenvalue weighted by Gasteiger charge is 2.17. The Bertz CT molecular complexity index is 600. The number of hydrogen-bond donors (Lipinski definition) is 1. The van der Waals surface area contributed by atoms with Crippen molar-refractivity contribution in [1.82, 2.24) is 9.36 Å². The lowest BCUT2D eigenvalue weighted by Gasteiger charge is -2.09. The Morgan fingerprint density at radius 2 is 2.37 bits per heavy atom. The third kappa shape index (κ3) is 2.74. The summed E-state index contributed by atoms with van der Waals surface area (Å²) in [6.07, 6.45) is 1.86. The average molecular weight is 340 g/mol. The number of fused-ring (bicyclic) bond motifs is 1. The van der Waals surface area contributed by atoms with Crippen molar-refractivity contribution < 1.29 is 4.74 Å². The third-order valence-electron chi connectivity index (χ3n) is 3.04. The van der Waals surface area contributed by atoms with Crippen LogP contribution in [0.4, 0.5) is 5.13 Å². The molecule has 19 heavy (non-hydrogen) atoms. The lowest BCUT2D eigenvalue weighted by molar-refractivity contribution is 0.354. The van der Waals surface area contributed by atoms with E-state index in [2.05, 4.69) is 49.7 Å². The molecule has 0 spiro atoms. The van der Waals surface area contributed by atoms with Crippen LogP contribution in [0, 0.1) is 0 Å². The van der Waals surface area contributed by atoms with Crippen LogP contribution in [0.2, 0.25) is 0 Å². The first-order chi connectivity index (χ1) is 9.26. The maximum absolute atomic E-state index is 5.71. The zero-order chi connectivity index (χ0) is 13.2. The number of aromatic nitrogens is 2. The Hall–Kier alpha value is -1.14. The molecule has 0 fully saturated rings. The van der Waals surface area contributed by atoms with Crippen LogP contribution in [-0.2, 0) is 19.4 Å². The van der Waals surface area contributed by atoms with Gasteiger partial charge >= 0.3 is 0 Å². The molecule has 3 rings (SSSR count). The van der Waals surface area contributed by atoms with Crippen LogP contribution in [0.15, 0.2) is 16.6 Å². The Balaban J connectivity index is 1.76. The van der Waals surface area contributed by atoms with Gasteiger partial charge in [-0.15, -0.1) is 0 Å². The van der Waals surface area contributed by atoms with E-state index in [1.165, 1.54) is 17.1 Å². The van der Waals surface area contributed by atoms with Gasteiger partial charge in [-0.05, 0) is 17.7 Å². The quantitative estimate of drug-likeness (QED) is 0.927. The maximum atomic E-state index is 5.71. The fraction of sp³-hybridized carbons (Fsp3) is 0.385. The van der Waals surface area contributed by atoms with Gasteiger partial charge in [0.05, 0.1) is 6.61 Å². The topological polar surface area (TPSA) is 47.0 Å². The highest BCUT2D eigenvalue weighted by molar-refractivity contribution is 9.10. The van der Waals surface area contributed by atoms with E-state index in [0.29, 0.717) is 6.54 Å². The van der Waals surface area contributed by atoms with Crippen LogP contribution in [0.1, 0.15) is 23.9 Å². The van der Waals surface area contributed by atoms with Gasteiger partial charge in [0.15, 0.2) is 0 Å². The van der Waals surface area contributed by atoms with E-state index in [1.54, 1.807) is 0 Å². The number of benzene rings is 1. The minimum Gasteiger partial charge on any atom is -0.493 e. The Kier molecular flexibility index (Phi) is 3.70. The first-order valence-corrected chi connectivity index (χ1v) is 7.83. The fourth-order valence-electron chi connectivity index (χ4n) is 2.12. The summed E-state index contributed by atoms with van der Waals surface area (Å²) in [5.41, 5.74) is 2.44. The van der Waals surface area contributed by atoms with Gasteiger partial charge in [0.25, 0.3) is 0 Å². The van der Waals surface area contributed by atoms with Gasteiger partial charge in [-0.3, -0.25) is 0 Å². The zero-order valence-corrected chi connectivity index (χ0v) is 13.0. The van der Waals surface area contributed by atoms with Crippen molar-refractivity contribution >= 4 is 32.6 Å². The molecule has 1 aromatic heterocycles. The van der Waals surface area contributed by atoms with Crippen LogP contribution in [0.5, 0.6) is 5.75 Å². The molecule has 1 aliphatic rings. The predicted molar refractivity (Wildman–Crippen MR) is 80.0 cm³/mol. The van der Waals surface area contributed by atoms with E-state index in [0.717, 1.165) is 46.2 Å². The summed E-state index contributed by atoms with van der Waals surface area (Å²) < 4.78 is 11.1. The van der Waals surface area contributed by atoms with Gasteiger partial charge in [-0.1, -0.05) is 22.9 Å². The molecule has 1 aromatic carbocycles. The molecule has 1 N–H and O–H groups in total. The molecule has 0 saturated carbocycles. The number of nitrogens with zero attached hydrogens (tertiary/aromatic N) is 2. The Morgan fingerprint density at radius 1 is 1.47 bits per heavy atom. The highest BCUT2D eigenvalue weighted by atomic mass is 79.9. The number of aryl methyl sites for hydroxylation is 1. The summed E-state index contributed by atoms with van der Waals surface area (Å²) in [4.78, 5) is 4.40. The van der Waals surface area contributed by atoms with Crippen molar-refractivity contribution in [3.8, 4) is 5.75 Å². The minimum absolute atomic E-state index is 0.708. The smallest absolute Gasteiger partial charge is 0.202 e. The number of halogens is 1.